The van der Waals surface area contributed by atoms with E-state index in [1.54, 1.807) is 0 Å². The maximum Gasteiger partial charge on any atom is 0.184 e. The molecular weight excluding hydrogens is 450 g/mol. The first kappa shape index (κ1) is 26.2. The number of nitrogens with zero attached hydrogens (tertiary/aromatic N) is 3. The molecule has 6 nitrogen and oxygen atoms in total. The number of ether oxygens (including phenoxy) is 3. The molecule has 0 radical (unpaired) electrons. The van der Waals surface area contributed by atoms with E-state index in [9.17, 15) is 5.26 Å². The summed E-state index contributed by atoms with van der Waals surface area (Å²) in [6, 6.07) is 12.5. The number of fused-ring (bicyclic) bond motifs is 1. The van der Waals surface area contributed by atoms with Crippen LogP contribution in [-0.4, -0.2) is 57.4 Å². The third-order valence-electron chi connectivity index (χ3n) is 6.96. The zero-order valence-corrected chi connectivity index (χ0v) is 22.8. The molecule has 0 amide bonds. The topological polar surface area (TPSA) is 58.0 Å². The molecule has 2 heterocycles. The smallest absolute Gasteiger partial charge is 0.184 e. The average molecular weight is 492 g/mol. The Balaban J connectivity index is 1.35. The molecule has 0 unspecified atom stereocenters. The third kappa shape index (κ3) is 5.90. The highest BCUT2D eigenvalue weighted by Crippen LogP contribution is 2.41. The quantitative estimate of drug-likeness (QED) is 0.496. The second-order valence-corrected chi connectivity index (χ2v) is 11.8. The van der Waals surface area contributed by atoms with Crippen LogP contribution in [0.25, 0.3) is 0 Å². The summed E-state index contributed by atoms with van der Waals surface area (Å²) in [7, 11) is 0. The van der Waals surface area contributed by atoms with Crippen molar-refractivity contribution in [1.82, 2.24) is 4.90 Å². The van der Waals surface area contributed by atoms with Crippen LogP contribution in [0.1, 0.15) is 64.7 Å². The lowest BCUT2D eigenvalue weighted by Gasteiger charge is -2.37. The fraction of sp³-hybridized carbons (Fsp3) is 0.567. The summed E-state index contributed by atoms with van der Waals surface area (Å²) in [5, 5.41) is 9.60. The predicted molar refractivity (Wildman–Crippen MR) is 145 cm³/mol. The minimum Gasteiger partial charge on any atom is -0.493 e. The summed E-state index contributed by atoms with van der Waals surface area (Å²) < 4.78 is 18.2. The summed E-state index contributed by atoms with van der Waals surface area (Å²) in [6.07, 6.45) is 0.963. The van der Waals surface area contributed by atoms with Crippen molar-refractivity contribution < 1.29 is 14.2 Å². The minimum atomic E-state index is -0.107. The lowest BCUT2D eigenvalue weighted by atomic mass is 9.78. The Bertz CT molecular complexity index is 1060. The van der Waals surface area contributed by atoms with E-state index in [4.69, 9.17) is 14.2 Å². The summed E-state index contributed by atoms with van der Waals surface area (Å²) in [6.45, 7) is 20.0. The molecule has 194 valence electrons. The lowest BCUT2D eigenvalue weighted by molar-refractivity contribution is 0.171. The second-order valence-electron chi connectivity index (χ2n) is 11.8. The van der Waals surface area contributed by atoms with Gasteiger partial charge in [-0.1, -0.05) is 47.6 Å². The van der Waals surface area contributed by atoms with Crippen molar-refractivity contribution in [3.05, 3.63) is 47.0 Å². The first-order valence-corrected chi connectivity index (χ1v) is 13.2. The Morgan fingerprint density at radius 2 is 1.56 bits per heavy atom. The number of hydrogen-bond acceptors (Lipinski definition) is 6. The Morgan fingerprint density at radius 1 is 0.917 bits per heavy atom. The average Bonchev–Trinajstić information content (AvgIpc) is 2.85. The van der Waals surface area contributed by atoms with Crippen LogP contribution < -0.4 is 19.1 Å². The van der Waals surface area contributed by atoms with Crippen molar-refractivity contribution in [1.29, 1.82) is 5.26 Å². The lowest BCUT2D eigenvalue weighted by Crippen LogP contribution is -2.47. The van der Waals surface area contributed by atoms with Crippen molar-refractivity contribution >= 4 is 5.69 Å². The SMILES string of the molecule is CC(C)(C)c1cc(C#N)cc(C(C)(C)C)c1OCCCN1CCN(c2cccc3c2OCCO3)CC1. The van der Waals surface area contributed by atoms with Crippen LogP contribution >= 0.6 is 0 Å². The monoisotopic (exact) mass is 491 g/mol. The molecule has 1 saturated heterocycles. The highest BCUT2D eigenvalue weighted by molar-refractivity contribution is 5.65. The van der Waals surface area contributed by atoms with Crippen LogP contribution in [-0.2, 0) is 10.8 Å². The van der Waals surface area contributed by atoms with E-state index in [1.165, 1.54) is 0 Å². The highest BCUT2D eigenvalue weighted by atomic mass is 16.6. The van der Waals surface area contributed by atoms with E-state index in [1.807, 2.05) is 24.3 Å². The van der Waals surface area contributed by atoms with Gasteiger partial charge in [0.25, 0.3) is 0 Å². The molecular formula is C30H41N3O3. The number of anilines is 1. The summed E-state index contributed by atoms with van der Waals surface area (Å²) in [5.41, 5.74) is 3.84. The molecule has 0 N–H and O–H groups in total. The van der Waals surface area contributed by atoms with Crippen LogP contribution in [0.5, 0.6) is 17.2 Å². The predicted octanol–water partition coefficient (Wildman–Crippen LogP) is 5.52. The fourth-order valence-corrected chi connectivity index (χ4v) is 4.95. The summed E-state index contributed by atoms with van der Waals surface area (Å²) in [4.78, 5) is 4.92. The van der Waals surface area contributed by atoms with Gasteiger partial charge in [-0.05, 0) is 41.5 Å². The van der Waals surface area contributed by atoms with Gasteiger partial charge in [0.2, 0.25) is 0 Å². The summed E-state index contributed by atoms with van der Waals surface area (Å²) >= 11 is 0. The first-order chi connectivity index (χ1) is 17.1. The zero-order chi connectivity index (χ0) is 25.9. The Hall–Kier alpha value is -2.91. The van der Waals surface area contributed by atoms with Crippen LogP contribution in [0.15, 0.2) is 30.3 Å². The van der Waals surface area contributed by atoms with Crippen molar-refractivity contribution in [2.24, 2.45) is 0 Å². The van der Waals surface area contributed by atoms with Gasteiger partial charge in [0.15, 0.2) is 11.5 Å². The maximum atomic E-state index is 9.60. The van der Waals surface area contributed by atoms with Crippen molar-refractivity contribution in [3.63, 3.8) is 0 Å². The van der Waals surface area contributed by atoms with Gasteiger partial charge < -0.3 is 19.1 Å². The standard InChI is InChI=1S/C30H41N3O3/c1-29(2,3)23-19-22(21-31)20-24(30(4,5)6)27(23)35-16-8-11-32-12-14-33(15-13-32)25-9-7-10-26-28(25)36-18-17-34-26/h7,9-10,19-20H,8,11-18H2,1-6H3. The van der Waals surface area contributed by atoms with Gasteiger partial charge in [-0.15, -0.1) is 0 Å². The molecule has 36 heavy (non-hydrogen) atoms. The van der Waals surface area contributed by atoms with Gasteiger partial charge in [-0.2, -0.15) is 5.26 Å². The van der Waals surface area contributed by atoms with E-state index in [0.717, 1.165) is 73.2 Å². The molecule has 1 fully saturated rings. The highest BCUT2D eigenvalue weighted by Gasteiger charge is 2.28. The molecule has 0 atom stereocenters. The van der Waals surface area contributed by atoms with E-state index in [-0.39, 0.29) is 10.8 Å². The van der Waals surface area contributed by atoms with Crippen LogP contribution in [0.3, 0.4) is 0 Å². The summed E-state index contributed by atoms with van der Waals surface area (Å²) in [5.74, 6) is 2.69. The van der Waals surface area contributed by atoms with Crippen LogP contribution in [0.4, 0.5) is 5.69 Å². The Morgan fingerprint density at radius 3 is 2.17 bits per heavy atom. The first-order valence-electron chi connectivity index (χ1n) is 13.2. The fourth-order valence-electron chi connectivity index (χ4n) is 4.95. The van der Waals surface area contributed by atoms with E-state index >= 15 is 0 Å². The van der Waals surface area contributed by atoms with Crippen molar-refractivity contribution in [3.8, 4) is 23.3 Å². The number of piperazine rings is 1. The van der Waals surface area contributed by atoms with Gasteiger partial charge >= 0.3 is 0 Å². The minimum absolute atomic E-state index is 0.107. The van der Waals surface area contributed by atoms with E-state index < -0.39 is 0 Å². The maximum absolute atomic E-state index is 9.60. The molecule has 2 aromatic carbocycles. The molecule has 0 aliphatic carbocycles. The number of nitriles is 1. The molecule has 2 aromatic rings. The number of para-hydroxylation sites is 1. The van der Waals surface area contributed by atoms with Gasteiger partial charge in [0, 0.05) is 43.9 Å². The molecule has 4 rings (SSSR count). The number of benzene rings is 2. The molecule has 2 aliphatic rings. The van der Waals surface area contributed by atoms with Gasteiger partial charge in [-0.3, -0.25) is 4.90 Å². The van der Waals surface area contributed by atoms with E-state index in [2.05, 4.69) is 63.5 Å². The van der Waals surface area contributed by atoms with Crippen LogP contribution in [0, 0.1) is 11.3 Å². The van der Waals surface area contributed by atoms with Crippen molar-refractivity contribution in [2.75, 3.05) is 57.4 Å². The zero-order valence-electron chi connectivity index (χ0n) is 22.8. The Labute approximate surface area is 216 Å². The third-order valence-corrected chi connectivity index (χ3v) is 6.96. The van der Waals surface area contributed by atoms with Gasteiger partial charge in [-0.25, -0.2) is 0 Å². The number of hydrogen-bond donors (Lipinski definition) is 0. The second kappa shape index (κ2) is 10.6. The van der Waals surface area contributed by atoms with Gasteiger partial charge in [0.05, 0.1) is 23.9 Å². The van der Waals surface area contributed by atoms with Crippen LogP contribution in [0.2, 0.25) is 0 Å². The Kier molecular flexibility index (Phi) is 7.70. The normalized spacial score (nSPS) is 16.5. The van der Waals surface area contributed by atoms with Gasteiger partial charge in [0.1, 0.15) is 19.0 Å². The van der Waals surface area contributed by atoms with Crippen molar-refractivity contribution in [2.45, 2.75) is 58.8 Å². The number of rotatable bonds is 6. The largest absolute Gasteiger partial charge is 0.493 e. The molecule has 0 saturated carbocycles. The molecule has 2 aliphatic heterocycles. The molecule has 0 spiro atoms. The van der Waals surface area contributed by atoms with E-state index in [0.29, 0.717) is 25.4 Å². The molecule has 0 bridgehead atoms. The molecule has 0 aromatic heterocycles. The molecule has 6 heteroatoms.